The lowest BCUT2D eigenvalue weighted by Crippen LogP contribution is -2.52. The van der Waals surface area contributed by atoms with Crippen LogP contribution in [0.15, 0.2) is 24.3 Å². The van der Waals surface area contributed by atoms with Gasteiger partial charge in [0.05, 0.1) is 0 Å². The summed E-state index contributed by atoms with van der Waals surface area (Å²) in [5.74, 6) is 0.302. The van der Waals surface area contributed by atoms with E-state index in [1.807, 2.05) is 6.92 Å². The summed E-state index contributed by atoms with van der Waals surface area (Å²) in [6, 6.07) is 6.96. The van der Waals surface area contributed by atoms with E-state index in [0.29, 0.717) is 31.1 Å². The molecule has 1 fully saturated rings. The predicted molar refractivity (Wildman–Crippen MR) is 98.8 cm³/mol. The van der Waals surface area contributed by atoms with Gasteiger partial charge in [0.15, 0.2) is 0 Å². The fraction of sp³-hybridized carbons (Fsp3) is 0.529. The number of carbonyl (C=O) groups is 2. The number of carbonyl (C=O) groups excluding carboxylic acids is 2. The van der Waals surface area contributed by atoms with Gasteiger partial charge in [-0.05, 0) is 43.5 Å². The third-order valence-corrected chi connectivity index (χ3v) is 4.02. The zero-order valence-corrected chi connectivity index (χ0v) is 15.3. The van der Waals surface area contributed by atoms with Crippen molar-refractivity contribution in [2.24, 2.45) is 11.7 Å². The van der Waals surface area contributed by atoms with Gasteiger partial charge in [-0.15, -0.1) is 12.4 Å². The van der Waals surface area contributed by atoms with Crippen LogP contribution in [0.4, 0.5) is 10.5 Å². The normalized spacial score (nSPS) is 16.4. The molecule has 1 aliphatic rings. The SMILES string of the molecule is CC(C)CC(C)(CN)NC(=O)c1ccc(N2CCNC2=O)cc1.Cl. The number of halogens is 1. The molecule has 1 aromatic rings. The van der Waals surface area contributed by atoms with Gasteiger partial charge in [0.25, 0.3) is 5.91 Å². The molecular weight excluding hydrogens is 328 g/mol. The van der Waals surface area contributed by atoms with Crippen LogP contribution in [0, 0.1) is 5.92 Å². The van der Waals surface area contributed by atoms with Gasteiger partial charge < -0.3 is 16.4 Å². The van der Waals surface area contributed by atoms with Crippen LogP contribution in [-0.4, -0.2) is 37.1 Å². The number of nitrogens with zero attached hydrogens (tertiary/aromatic N) is 1. The second kappa shape index (κ2) is 8.35. The third kappa shape index (κ3) is 4.85. The maximum Gasteiger partial charge on any atom is 0.321 e. The first-order valence-electron chi connectivity index (χ1n) is 8.02. The van der Waals surface area contributed by atoms with Crippen molar-refractivity contribution in [3.05, 3.63) is 29.8 Å². The van der Waals surface area contributed by atoms with Crippen LogP contribution in [0.3, 0.4) is 0 Å². The minimum atomic E-state index is -0.418. The van der Waals surface area contributed by atoms with Crippen LogP contribution in [0.5, 0.6) is 0 Å². The molecule has 24 heavy (non-hydrogen) atoms. The fourth-order valence-electron chi connectivity index (χ4n) is 2.94. The highest BCUT2D eigenvalue weighted by Crippen LogP contribution is 2.19. The first-order valence-corrected chi connectivity index (χ1v) is 8.02. The lowest BCUT2D eigenvalue weighted by atomic mass is 9.90. The molecule has 1 saturated heterocycles. The quantitative estimate of drug-likeness (QED) is 0.731. The maximum absolute atomic E-state index is 12.4. The van der Waals surface area contributed by atoms with Crippen molar-refractivity contribution in [1.29, 1.82) is 0 Å². The smallest absolute Gasteiger partial charge is 0.321 e. The van der Waals surface area contributed by atoms with Gasteiger partial charge in [0.2, 0.25) is 0 Å². The summed E-state index contributed by atoms with van der Waals surface area (Å²) in [5.41, 5.74) is 6.78. The molecule has 6 nitrogen and oxygen atoms in total. The van der Waals surface area contributed by atoms with E-state index in [-0.39, 0.29) is 24.3 Å². The van der Waals surface area contributed by atoms with E-state index in [0.717, 1.165) is 12.1 Å². The Labute approximate surface area is 149 Å². The molecule has 4 N–H and O–H groups in total. The van der Waals surface area contributed by atoms with Gasteiger partial charge >= 0.3 is 6.03 Å². The highest BCUT2D eigenvalue weighted by Gasteiger charge is 2.26. The Bertz CT molecular complexity index is 576. The van der Waals surface area contributed by atoms with Gasteiger partial charge in [-0.25, -0.2) is 4.79 Å². The van der Waals surface area contributed by atoms with Crippen molar-refractivity contribution < 1.29 is 9.59 Å². The number of benzene rings is 1. The van der Waals surface area contributed by atoms with Gasteiger partial charge in [-0.1, -0.05) is 13.8 Å². The Morgan fingerprint density at radius 2 is 2.00 bits per heavy atom. The number of amides is 3. The minimum Gasteiger partial charge on any atom is -0.346 e. The number of hydrogen-bond donors (Lipinski definition) is 3. The summed E-state index contributed by atoms with van der Waals surface area (Å²) in [5, 5.41) is 5.79. The molecule has 1 atom stereocenters. The molecule has 0 radical (unpaired) electrons. The van der Waals surface area contributed by atoms with Gasteiger partial charge in [-0.2, -0.15) is 0 Å². The van der Waals surface area contributed by atoms with E-state index in [1.165, 1.54) is 0 Å². The fourth-order valence-corrected chi connectivity index (χ4v) is 2.94. The first kappa shape index (κ1) is 20.3. The Hall–Kier alpha value is -1.79. The molecule has 0 aliphatic carbocycles. The molecule has 0 aromatic heterocycles. The Morgan fingerprint density at radius 1 is 1.38 bits per heavy atom. The summed E-state index contributed by atoms with van der Waals surface area (Å²) in [6.07, 6.45) is 0.821. The molecule has 1 heterocycles. The standard InChI is InChI=1S/C17H26N4O2.ClH/c1-12(2)10-17(3,11-18)20-15(22)13-4-6-14(7-5-13)21-9-8-19-16(21)23;/h4-7,12H,8-11,18H2,1-3H3,(H,19,23)(H,20,22);1H. The Morgan fingerprint density at radius 3 is 2.46 bits per heavy atom. The van der Waals surface area contributed by atoms with E-state index in [9.17, 15) is 9.59 Å². The summed E-state index contributed by atoms with van der Waals surface area (Å²) in [4.78, 5) is 25.7. The van der Waals surface area contributed by atoms with E-state index < -0.39 is 5.54 Å². The number of nitrogens with one attached hydrogen (secondary N) is 2. The molecule has 134 valence electrons. The highest BCUT2D eigenvalue weighted by molar-refractivity contribution is 5.97. The number of nitrogens with two attached hydrogens (primary N) is 1. The average molecular weight is 355 g/mol. The second-order valence-corrected chi connectivity index (χ2v) is 6.75. The van der Waals surface area contributed by atoms with Gasteiger partial charge in [0.1, 0.15) is 0 Å². The molecule has 1 unspecified atom stereocenters. The number of hydrogen-bond acceptors (Lipinski definition) is 3. The van der Waals surface area contributed by atoms with Crippen molar-refractivity contribution in [3.63, 3.8) is 0 Å². The molecule has 3 amide bonds. The van der Waals surface area contributed by atoms with E-state index >= 15 is 0 Å². The molecule has 0 bridgehead atoms. The number of urea groups is 1. The molecule has 1 aliphatic heterocycles. The monoisotopic (exact) mass is 354 g/mol. The van der Waals surface area contributed by atoms with Crippen molar-refractivity contribution in [2.45, 2.75) is 32.7 Å². The molecule has 1 aromatic carbocycles. The van der Waals surface area contributed by atoms with Crippen LogP contribution >= 0.6 is 12.4 Å². The summed E-state index contributed by atoms with van der Waals surface area (Å²) in [6.45, 7) is 7.86. The summed E-state index contributed by atoms with van der Waals surface area (Å²) in [7, 11) is 0. The van der Waals surface area contributed by atoms with Crippen LogP contribution in [-0.2, 0) is 0 Å². The predicted octanol–water partition coefficient (Wildman–Crippen LogP) is 2.13. The summed E-state index contributed by atoms with van der Waals surface area (Å²) < 4.78 is 0. The first-order chi connectivity index (χ1) is 10.8. The number of anilines is 1. The van der Waals surface area contributed by atoms with Crippen LogP contribution in [0.2, 0.25) is 0 Å². The Balaban J connectivity index is 0.00000288. The van der Waals surface area contributed by atoms with E-state index in [1.54, 1.807) is 29.2 Å². The van der Waals surface area contributed by atoms with Crippen LogP contribution < -0.4 is 21.3 Å². The van der Waals surface area contributed by atoms with Crippen LogP contribution in [0.25, 0.3) is 0 Å². The summed E-state index contributed by atoms with van der Waals surface area (Å²) >= 11 is 0. The van der Waals surface area contributed by atoms with Crippen LogP contribution in [0.1, 0.15) is 37.6 Å². The molecule has 7 heteroatoms. The topological polar surface area (TPSA) is 87.5 Å². The zero-order chi connectivity index (χ0) is 17.0. The molecule has 0 spiro atoms. The average Bonchev–Trinajstić information content (AvgIpc) is 2.92. The highest BCUT2D eigenvalue weighted by atomic mass is 35.5. The van der Waals surface area contributed by atoms with Crippen molar-refractivity contribution in [1.82, 2.24) is 10.6 Å². The second-order valence-electron chi connectivity index (χ2n) is 6.75. The van der Waals surface area contributed by atoms with Crippen molar-refractivity contribution in [3.8, 4) is 0 Å². The minimum absolute atomic E-state index is 0. The maximum atomic E-state index is 12.4. The van der Waals surface area contributed by atoms with E-state index in [4.69, 9.17) is 5.73 Å². The van der Waals surface area contributed by atoms with Crippen molar-refractivity contribution in [2.75, 3.05) is 24.5 Å². The lowest BCUT2D eigenvalue weighted by molar-refractivity contribution is 0.0898. The Kier molecular flexibility index (Phi) is 7.05. The molecular formula is C17H27ClN4O2. The zero-order valence-electron chi connectivity index (χ0n) is 14.5. The third-order valence-electron chi connectivity index (χ3n) is 4.02. The largest absolute Gasteiger partial charge is 0.346 e. The van der Waals surface area contributed by atoms with Crippen molar-refractivity contribution >= 4 is 30.0 Å². The number of rotatable bonds is 6. The van der Waals surface area contributed by atoms with E-state index in [2.05, 4.69) is 24.5 Å². The van der Waals surface area contributed by atoms with Gasteiger partial charge in [-0.3, -0.25) is 9.69 Å². The molecule has 2 rings (SSSR count). The van der Waals surface area contributed by atoms with Gasteiger partial charge in [0, 0.05) is 36.4 Å². The molecule has 0 saturated carbocycles. The lowest BCUT2D eigenvalue weighted by Gasteiger charge is -2.31.